The highest BCUT2D eigenvalue weighted by molar-refractivity contribution is 6.36. The van der Waals surface area contributed by atoms with E-state index in [1.165, 1.54) is 19.2 Å². The summed E-state index contributed by atoms with van der Waals surface area (Å²) in [5, 5.41) is 3.43. The maximum atomic E-state index is 12.0. The SMILES string of the molecule is C[C@@H](OC(=O)COc1cccc(Cl)c1)C(=O)Nc1ncc(Cl)cc1Cl. The second-order valence-corrected chi connectivity index (χ2v) is 6.13. The molecule has 0 aliphatic carbocycles. The number of hydrogen-bond donors (Lipinski definition) is 1. The van der Waals surface area contributed by atoms with Crippen molar-refractivity contribution < 1.29 is 19.1 Å². The van der Waals surface area contributed by atoms with Crippen LogP contribution in [0.2, 0.25) is 15.1 Å². The molecule has 0 aliphatic heterocycles. The fourth-order valence-corrected chi connectivity index (χ4v) is 2.32. The van der Waals surface area contributed by atoms with E-state index in [0.717, 1.165) is 0 Å². The van der Waals surface area contributed by atoms with E-state index < -0.39 is 18.0 Å². The lowest BCUT2D eigenvalue weighted by molar-refractivity contribution is -0.155. The normalized spacial score (nSPS) is 11.5. The van der Waals surface area contributed by atoms with Gasteiger partial charge in [-0.1, -0.05) is 40.9 Å². The van der Waals surface area contributed by atoms with Crippen molar-refractivity contribution in [3.8, 4) is 5.75 Å². The van der Waals surface area contributed by atoms with E-state index in [2.05, 4.69) is 10.3 Å². The largest absolute Gasteiger partial charge is 0.482 e. The van der Waals surface area contributed by atoms with Gasteiger partial charge in [-0.2, -0.15) is 0 Å². The van der Waals surface area contributed by atoms with E-state index in [9.17, 15) is 9.59 Å². The molecule has 0 saturated heterocycles. The van der Waals surface area contributed by atoms with Gasteiger partial charge < -0.3 is 14.8 Å². The molecule has 0 unspecified atom stereocenters. The highest BCUT2D eigenvalue weighted by Crippen LogP contribution is 2.22. The first-order chi connectivity index (χ1) is 11.8. The van der Waals surface area contributed by atoms with Crippen LogP contribution >= 0.6 is 34.8 Å². The van der Waals surface area contributed by atoms with Gasteiger partial charge in [-0.3, -0.25) is 4.79 Å². The van der Waals surface area contributed by atoms with Gasteiger partial charge in [0.05, 0.1) is 10.0 Å². The first-order valence-electron chi connectivity index (χ1n) is 7.05. The van der Waals surface area contributed by atoms with Gasteiger partial charge in [-0.05, 0) is 31.2 Å². The fraction of sp³-hybridized carbons (Fsp3) is 0.188. The number of hydrogen-bond acceptors (Lipinski definition) is 5. The predicted molar refractivity (Wildman–Crippen MR) is 95.4 cm³/mol. The Morgan fingerprint density at radius 2 is 1.96 bits per heavy atom. The number of rotatable bonds is 6. The number of carbonyl (C=O) groups excluding carboxylic acids is 2. The molecule has 0 fully saturated rings. The van der Waals surface area contributed by atoms with E-state index in [-0.39, 0.29) is 17.4 Å². The van der Waals surface area contributed by atoms with Crippen molar-refractivity contribution in [3.63, 3.8) is 0 Å². The molecule has 1 atom stereocenters. The molecule has 9 heteroatoms. The quantitative estimate of drug-likeness (QED) is 0.738. The Labute approximate surface area is 159 Å². The predicted octanol–water partition coefficient (Wildman–Crippen LogP) is 3.99. The van der Waals surface area contributed by atoms with Crippen LogP contribution in [-0.4, -0.2) is 29.6 Å². The van der Waals surface area contributed by atoms with Crippen molar-refractivity contribution in [1.82, 2.24) is 4.98 Å². The van der Waals surface area contributed by atoms with Gasteiger partial charge in [0.2, 0.25) is 0 Å². The second-order valence-electron chi connectivity index (χ2n) is 4.85. The lowest BCUT2D eigenvalue weighted by Crippen LogP contribution is -2.32. The summed E-state index contributed by atoms with van der Waals surface area (Å²) in [4.78, 5) is 27.7. The topological polar surface area (TPSA) is 77.5 Å². The molecular weight excluding hydrogens is 391 g/mol. The molecule has 0 spiro atoms. The van der Waals surface area contributed by atoms with Crippen molar-refractivity contribution in [3.05, 3.63) is 51.6 Å². The third kappa shape index (κ3) is 6.08. The third-order valence-electron chi connectivity index (χ3n) is 2.88. The number of esters is 1. The van der Waals surface area contributed by atoms with Gasteiger partial charge in [0.15, 0.2) is 18.5 Å². The maximum absolute atomic E-state index is 12.0. The summed E-state index contributed by atoms with van der Waals surface area (Å²) >= 11 is 17.5. The van der Waals surface area contributed by atoms with Crippen LogP contribution in [0.4, 0.5) is 5.82 Å². The average Bonchev–Trinajstić information content (AvgIpc) is 2.55. The first-order valence-corrected chi connectivity index (χ1v) is 8.18. The number of carbonyl (C=O) groups is 2. The van der Waals surface area contributed by atoms with Gasteiger partial charge in [0.1, 0.15) is 5.75 Å². The minimum atomic E-state index is -1.07. The number of aromatic nitrogens is 1. The standard InChI is InChI=1S/C16H13Cl3N2O4/c1-9(16(23)21-15-13(19)6-11(18)7-20-15)25-14(22)8-24-12-4-2-3-10(17)5-12/h2-7,9H,8H2,1H3,(H,20,21,23)/t9-/m1/s1. The average molecular weight is 404 g/mol. The molecule has 6 nitrogen and oxygen atoms in total. The van der Waals surface area contributed by atoms with Gasteiger partial charge in [-0.25, -0.2) is 9.78 Å². The molecule has 25 heavy (non-hydrogen) atoms. The number of benzene rings is 1. The molecule has 1 aromatic heterocycles. The zero-order chi connectivity index (χ0) is 18.4. The van der Waals surface area contributed by atoms with Crippen LogP contribution in [0.1, 0.15) is 6.92 Å². The summed E-state index contributed by atoms with van der Waals surface area (Å²) in [6.45, 7) is 1.05. The highest BCUT2D eigenvalue weighted by atomic mass is 35.5. The molecule has 2 aromatic rings. The smallest absolute Gasteiger partial charge is 0.344 e. The van der Waals surface area contributed by atoms with Crippen molar-refractivity contribution in [1.29, 1.82) is 0 Å². The van der Waals surface area contributed by atoms with E-state index >= 15 is 0 Å². The first kappa shape index (κ1) is 19.3. The van der Waals surface area contributed by atoms with Crippen LogP contribution in [-0.2, 0) is 14.3 Å². The molecule has 1 amide bonds. The molecule has 2 rings (SSSR count). The Kier molecular flexibility index (Phi) is 6.87. The molecule has 132 valence electrons. The van der Waals surface area contributed by atoms with E-state index in [4.69, 9.17) is 44.3 Å². The summed E-state index contributed by atoms with van der Waals surface area (Å²) in [6, 6.07) is 7.99. The summed E-state index contributed by atoms with van der Waals surface area (Å²) in [5.41, 5.74) is 0. The van der Waals surface area contributed by atoms with E-state index in [1.807, 2.05) is 0 Å². The minimum absolute atomic E-state index is 0.120. The molecule has 1 heterocycles. The molecule has 1 aromatic carbocycles. The summed E-state index contributed by atoms with van der Waals surface area (Å²) < 4.78 is 10.2. The molecule has 0 saturated carbocycles. The van der Waals surface area contributed by atoms with Gasteiger partial charge in [-0.15, -0.1) is 0 Å². The molecule has 0 aliphatic rings. The Morgan fingerprint density at radius 1 is 1.20 bits per heavy atom. The lowest BCUT2D eigenvalue weighted by atomic mass is 10.3. The summed E-state index contributed by atoms with van der Waals surface area (Å²) in [6.07, 6.45) is 0.266. The van der Waals surface area contributed by atoms with Crippen LogP contribution in [0.3, 0.4) is 0 Å². The number of nitrogens with one attached hydrogen (secondary N) is 1. The summed E-state index contributed by atoms with van der Waals surface area (Å²) in [7, 11) is 0. The maximum Gasteiger partial charge on any atom is 0.344 e. The number of halogens is 3. The third-order valence-corrected chi connectivity index (χ3v) is 3.61. The number of pyridine rings is 1. The van der Waals surface area contributed by atoms with Crippen molar-refractivity contribution in [2.45, 2.75) is 13.0 Å². The fourth-order valence-electron chi connectivity index (χ4n) is 1.71. The molecule has 1 N–H and O–H groups in total. The lowest BCUT2D eigenvalue weighted by Gasteiger charge is -2.14. The van der Waals surface area contributed by atoms with Crippen LogP contribution in [0, 0.1) is 0 Å². The van der Waals surface area contributed by atoms with Crippen molar-refractivity contribution in [2.24, 2.45) is 0 Å². The van der Waals surface area contributed by atoms with Crippen LogP contribution < -0.4 is 10.1 Å². The zero-order valence-electron chi connectivity index (χ0n) is 13.0. The number of anilines is 1. The van der Waals surface area contributed by atoms with Crippen molar-refractivity contribution in [2.75, 3.05) is 11.9 Å². The van der Waals surface area contributed by atoms with Gasteiger partial charge in [0, 0.05) is 11.2 Å². The highest BCUT2D eigenvalue weighted by Gasteiger charge is 2.19. The van der Waals surface area contributed by atoms with Crippen LogP contribution in [0.5, 0.6) is 5.75 Å². The molecular formula is C16H13Cl3N2O4. The Balaban J connectivity index is 1.84. The van der Waals surface area contributed by atoms with Crippen LogP contribution in [0.15, 0.2) is 36.5 Å². The minimum Gasteiger partial charge on any atom is -0.482 e. The molecule has 0 radical (unpaired) electrons. The monoisotopic (exact) mass is 402 g/mol. The summed E-state index contributed by atoms with van der Waals surface area (Å²) in [5.74, 6) is -0.765. The number of ether oxygens (including phenoxy) is 2. The second kappa shape index (κ2) is 8.89. The van der Waals surface area contributed by atoms with Gasteiger partial charge in [0.25, 0.3) is 5.91 Å². The Bertz CT molecular complexity index is 786. The van der Waals surface area contributed by atoms with E-state index in [0.29, 0.717) is 15.8 Å². The Hall–Kier alpha value is -2.02. The number of amides is 1. The van der Waals surface area contributed by atoms with Gasteiger partial charge >= 0.3 is 5.97 Å². The number of nitrogens with zero attached hydrogens (tertiary/aromatic N) is 1. The Morgan fingerprint density at radius 3 is 2.64 bits per heavy atom. The molecule has 0 bridgehead atoms. The van der Waals surface area contributed by atoms with E-state index in [1.54, 1.807) is 24.3 Å². The zero-order valence-corrected chi connectivity index (χ0v) is 15.2. The van der Waals surface area contributed by atoms with Crippen molar-refractivity contribution >= 4 is 52.5 Å². The van der Waals surface area contributed by atoms with Crippen LogP contribution in [0.25, 0.3) is 0 Å².